The maximum absolute atomic E-state index is 12.5. The first-order valence-corrected chi connectivity index (χ1v) is 10.1. The maximum Gasteiger partial charge on any atom is 0.293 e. The molecule has 1 fully saturated rings. The molecule has 8 nitrogen and oxygen atoms in total. The number of methoxy groups -OCH3 is 1. The summed E-state index contributed by atoms with van der Waals surface area (Å²) in [5.74, 6) is 0.184. The number of carbonyl (C=O) groups excluding carboxylic acids is 3. The minimum atomic E-state index is -0.423. The molecule has 0 atom stereocenters. The fraction of sp³-hybridized carbons (Fsp3) is 0.182. The number of thioether (sulfide) groups is 1. The van der Waals surface area contributed by atoms with E-state index in [-0.39, 0.29) is 19.7 Å². The number of ether oxygens (including phenoxy) is 2. The van der Waals surface area contributed by atoms with E-state index in [1.807, 2.05) is 6.07 Å². The first-order valence-electron chi connectivity index (χ1n) is 9.30. The molecule has 31 heavy (non-hydrogen) atoms. The lowest BCUT2D eigenvalue weighted by atomic mass is 10.2. The van der Waals surface area contributed by atoms with Crippen LogP contribution in [0, 0.1) is 11.3 Å². The zero-order valence-electron chi connectivity index (χ0n) is 16.7. The van der Waals surface area contributed by atoms with E-state index >= 15 is 0 Å². The quantitative estimate of drug-likeness (QED) is 0.633. The number of imide groups is 1. The molecule has 0 aliphatic carbocycles. The first kappa shape index (κ1) is 21.9. The topological polar surface area (TPSA) is 109 Å². The zero-order chi connectivity index (χ0) is 22.2. The summed E-state index contributed by atoms with van der Waals surface area (Å²) in [7, 11) is 1.57. The van der Waals surface area contributed by atoms with E-state index in [0.29, 0.717) is 22.0 Å². The van der Waals surface area contributed by atoms with Crippen molar-refractivity contribution in [3.8, 4) is 17.6 Å². The molecule has 1 aliphatic rings. The van der Waals surface area contributed by atoms with Gasteiger partial charge in [-0.05, 0) is 47.7 Å². The Morgan fingerprint density at radius 1 is 1.19 bits per heavy atom. The molecular weight excluding hydrogens is 418 g/mol. The molecule has 1 N–H and O–H groups in total. The smallest absolute Gasteiger partial charge is 0.293 e. The van der Waals surface area contributed by atoms with E-state index in [1.54, 1.807) is 61.7 Å². The Bertz CT molecular complexity index is 1060. The van der Waals surface area contributed by atoms with Crippen LogP contribution in [0.15, 0.2) is 53.4 Å². The highest BCUT2D eigenvalue weighted by atomic mass is 32.2. The Balaban J connectivity index is 1.49. The van der Waals surface area contributed by atoms with Gasteiger partial charge in [0.25, 0.3) is 17.1 Å². The average Bonchev–Trinajstić information content (AvgIpc) is 3.05. The van der Waals surface area contributed by atoms with Crippen LogP contribution in [0.25, 0.3) is 6.08 Å². The number of nitriles is 1. The largest absolute Gasteiger partial charge is 0.497 e. The maximum atomic E-state index is 12.5. The number of amides is 3. The van der Waals surface area contributed by atoms with Gasteiger partial charge in [0.05, 0.1) is 17.6 Å². The summed E-state index contributed by atoms with van der Waals surface area (Å²) in [6.07, 6.45) is 1.64. The second-order valence-electron chi connectivity index (χ2n) is 6.35. The molecule has 3 rings (SSSR count). The predicted octanol–water partition coefficient (Wildman–Crippen LogP) is 2.80. The van der Waals surface area contributed by atoms with E-state index < -0.39 is 17.1 Å². The van der Waals surface area contributed by atoms with Crippen molar-refractivity contribution >= 4 is 34.9 Å². The van der Waals surface area contributed by atoms with Gasteiger partial charge in [0, 0.05) is 13.1 Å². The van der Waals surface area contributed by atoms with E-state index in [0.717, 1.165) is 22.2 Å². The van der Waals surface area contributed by atoms with E-state index in [2.05, 4.69) is 5.32 Å². The first-order chi connectivity index (χ1) is 15.0. The van der Waals surface area contributed by atoms with Crippen molar-refractivity contribution in [3.63, 3.8) is 0 Å². The molecule has 1 saturated heterocycles. The van der Waals surface area contributed by atoms with Crippen LogP contribution in [-0.4, -0.2) is 48.8 Å². The molecular formula is C22H19N3O5S. The highest BCUT2D eigenvalue weighted by Crippen LogP contribution is 2.32. The van der Waals surface area contributed by atoms with Crippen molar-refractivity contribution in [2.24, 2.45) is 0 Å². The Kier molecular flexibility index (Phi) is 7.30. The van der Waals surface area contributed by atoms with E-state index in [1.165, 1.54) is 0 Å². The van der Waals surface area contributed by atoms with Gasteiger partial charge >= 0.3 is 0 Å². The highest BCUT2D eigenvalue weighted by molar-refractivity contribution is 8.18. The van der Waals surface area contributed by atoms with Crippen LogP contribution < -0.4 is 14.8 Å². The van der Waals surface area contributed by atoms with E-state index in [4.69, 9.17) is 14.7 Å². The molecule has 158 valence electrons. The molecule has 1 aliphatic heterocycles. The number of nitrogens with one attached hydrogen (secondary N) is 1. The van der Waals surface area contributed by atoms with Crippen molar-refractivity contribution in [1.29, 1.82) is 5.26 Å². The van der Waals surface area contributed by atoms with Crippen LogP contribution in [0.4, 0.5) is 4.79 Å². The summed E-state index contributed by atoms with van der Waals surface area (Å²) in [6, 6.07) is 15.7. The number of nitrogens with zero attached hydrogens (tertiary/aromatic N) is 2. The standard InChI is InChI=1S/C22H19N3O5S/c1-29-17-8-6-15(7-9-17)12-19-21(27)25(22(28)31-19)11-10-24-20(26)14-30-18-5-3-2-4-16(18)13-23/h2-9,12H,10-11,14H2,1H3,(H,24,26). The van der Waals surface area contributed by atoms with Crippen molar-refractivity contribution in [1.82, 2.24) is 10.2 Å². The molecule has 0 spiro atoms. The minimum absolute atomic E-state index is 0.0468. The van der Waals surface area contributed by atoms with Gasteiger partial charge in [-0.2, -0.15) is 5.26 Å². The molecule has 9 heteroatoms. The van der Waals surface area contributed by atoms with Crippen LogP contribution in [0.5, 0.6) is 11.5 Å². The van der Waals surface area contributed by atoms with Gasteiger partial charge in [-0.1, -0.05) is 24.3 Å². The van der Waals surface area contributed by atoms with Crippen LogP contribution in [-0.2, 0) is 9.59 Å². The van der Waals surface area contributed by atoms with Gasteiger partial charge < -0.3 is 14.8 Å². The summed E-state index contributed by atoms with van der Waals surface area (Å²) >= 11 is 0.856. The molecule has 1 heterocycles. The molecule has 0 bridgehead atoms. The van der Waals surface area contributed by atoms with Crippen molar-refractivity contribution in [3.05, 3.63) is 64.6 Å². The second kappa shape index (κ2) is 10.3. The molecule has 0 radical (unpaired) electrons. The van der Waals surface area contributed by atoms with Gasteiger partial charge in [-0.25, -0.2) is 0 Å². The van der Waals surface area contributed by atoms with Gasteiger partial charge in [0.1, 0.15) is 17.6 Å². The predicted molar refractivity (Wildman–Crippen MR) is 115 cm³/mol. The summed E-state index contributed by atoms with van der Waals surface area (Å²) in [4.78, 5) is 38.1. The average molecular weight is 437 g/mol. The summed E-state index contributed by atoms with van der Waals surface area (Å²) in [5.41, 5.74) is 1.10. The zero-order valence-corrected chi connectivity index (χ0v) is 17.5. The summed E-state index contributed by atoms with van der Waals surface area (Å²) < 4.78 is 10.4. The number of rotatable bonds is 8. The number of carbonyl (C=O) groups is 3. The Hall–Kier alpha value is -3.77. The lowest BCUT2D eigenvalue weighted by molar-refractivity contribution is -0.125. The molecule has 3 amide bonds. The third kappa shape index (κ3) is 5.65. The monoisotopic (exact) mass is 437 g/mol. The Morgan fingerprint density at radius 3 is 2.65 bits per heavy atom. The number of benzene rings is 2. The van der Waals surface area contributed by atoms with Gasteiger partial charge in [-0.15, -0.1) is 0 Å². The van der Waals surface area contributed by atoms with Gasteiger partial charge in [0.15, 0.2) is 6.61 Å². The number of hydrogen-bond donors (Lipinski definition) is 1. The molecule has 2 aromatic carbocycles. The van der Waals surface area contributed by atoms with Crippen LogP contribution in [0.2, 0.25) is 0 Å². The molecule has 0 unspecified atom stereocenters. The fourth-order valence-corrected chi connectivity index (χ4v) is 3.60. The number of para-hydroxylation sites is 1. The normalized spacial score (nSPS) is 14.5. The lowest BCUT2D eigenvalue weighted by Gasteiger charge is -2.13. The molecule has 0 aromatic heterocycles. The Morgan fingerprint density at radius 2 is 1.94 bits per heavy atom. The van der Waals surface area contributed by atoms with Crippen LogP contribution >= 0.6 is 11.8 Å². The van der Waals surface area contributed by atoms with Crippen molar-refractivity contribution in [2.45, 2.75) is 0 Å². The highest BCUT2D eigenvalue weighted by Gasteiger charge is 2.34. The molecule has 2 aromatic rings. The van der Waals surface area contributed by atoms with Crippen molar-refractivity contribution in [2.75, 3.05) is 26.8 Å². The van der Waals surface area contributed by atoms with Crippen LogP contribution in [0.1, 0.15) is 11.1 Å². The third-order valence-corrected chi connectivity index (χ3v) is 5.22. The van der Waals surface area contributed by atoms with E-state index in [9.17, 15) is 14.4 Å². The van der Waals surface area contributed by atoms with Gasteiger partial charge in [-0.3, -0.25) is 19.3 Å². The van der Waals surface area contributed by atoms with Gasteiger partial charge in [0.2, 0.25) is 0 Å². The fourth-order valence-electron chi connectivity index (χ4n) is 2.73. The SMILES string of the molecule is COc1ccc(C=C2SC(=O)N(CCNC(=O)COc3ccccc3C#N)C2=O)cc1. The van der Waals surface area contributed by atoms with Crippen LogP contribution in [0.3, 0.4) is 0 Å². The summed E-state index contributed by atoms with van der Waals surface area (Å²) in [6.45, 7) is -0.140. The molecule has 0 saturated carbocycles. The van der Waals surface area contributed by atoms with Crippen molar-refractivity contribution < 1.29 is 23.9 Å². The third-order valence-electron chi connectivity index (χ3n) is 4.31. The Labute approximate surface area is 183 Å². The number of hydrogen-bond acceptors (Lipinski definition) is 7. The lowest BCUT2D eigenvalue weighted by Crippen LogP contribution is -2.38. The summed E-state index contributed by atoms with van der Waals surface area (Å²) in [5, 5.41) is 11.2. The minimum Gasteiger partial charge on any atom is -0.497 e. The second-order valence-corrected chi connectivity index (χ2v) is 7.35.